The molecule has 0 bridgehead atoms. The van der Waals surface area contributed by atoms with Crippen molar-refractivity contribution in [3.63, 3.8) is 0 Å². The maximum absolute atomic E-state index is 13.0. The molecule has 2 rings (SSSR count). The van der Waals surface area contributed by atoms with E-state index in [0.29, 0.717) is 18.7 Å². The van der Waals surface area contributed by atoms with Gasteiger partial charge in [-0.05, 0) is 37.1 Å². The smallest absolute Gasteiger partial charge is 0.242 e. The molecule has 0 aliphatic heterocycles. The molecule has 4 nitrogen and oxygen atoms in total. The summed E-state index contributed by atoms with van der Waals surface area (Å²) in [5.41, 5.74) is 1.67. The zero-order chi connectivity index (χ0) is 18.2. The number of carbonyl (C=O) groups is 2. The van der Waals surface area contributed by atoms with Crippen LogP contribution >= 0.6 is 0 Å². The number of hydrogen-bond donors (Lipinski definition) is 1. The Morgan fingerprint density at radius 3 is 2.28 bits per heavy atom. The van der Waals surface area contributed by atoms with Crippen LogP contribution < -0.4 is 5.32 Å². The second kappa shape index (κ2) is 8.97. The lowest BCUT2D eigenvalue weighted by Crippen LogP contribution is -2.48. The van der Waals surface area contributed by atoms with Gasteiger partial charge in [0.1, 0.15) is 11.9 Å². The third kappa shape index (κ3) is 5.41. The summed E-state index contributed by atoms with van der Waals surface area (Å²) in [5, 5.41) is 2.76. The van der Waals surface area contributed by atoms with Gasteiger partial charge in [-0.25, -0.2) is 4.39 Å². The van der Waals surface area contributed by atoms with Crippen molar-refractivity contribution in [2.45, 2.75) is 32.9 Å². The number of halogens is 1. The summed E-state index contributed by atoms with van der Waals surface area (Å²) in [6.45, 7) is 4.41. The van der Waals surface area contributed by atoms with Gasteiger partial charge in [0.2, 0.25) is 11.8 Å². The molecular weight excluding hydrogens is 319 g/mol. The molecule has 0 radical (unpaired) electrons. The number of carbonyl (C=O) groups excluding carboxylic acids is 2. The molecule has 132 valence electrons. The summed E-state index contributed by atoms with van der Waals surface area (Å²) in [6.07, 6.45) is 0.122. The van der Waals surface area contributed by atoms with E-state index < -0.39 is 6.04 Å². The Kier molecular flexibility index (Phi) is 6.69. The molecule has 2 amide bonds. The topological polar surface area (TPSA) is 49.4 Å². The number of nitrogens with zero attached hydrogens (tertiary/aromatic N) is 1. The van der Waals surface area contributed by atoms with Crippen LogP contribution in [-0.4, -0.2) is 29.3 Å². The van der Waals surface area contributed by atoms with Crippen molar-refractivity contribution in [2.24, 2.45) is 0 Å². The van der Waals surface area contributed by atoms with E-state index >= 15 is 0 Å². The normalized spacial score (nSPS) is 11.6. The summed E-state index contributed by atoms with van der Waals surface area (Å²) in [7, 11) is 0. The zero-order valence-corrected chi connectivity index (χ0v) is 14.5. The quantitative estimate of drug-likeness (QED) is 0.841. The third-order valence-electron chi connectivity index (χ3n) is 3.98. The molecule has 25 heavy (non-hydrogen) atoms. The second-order valence-corrected chi connectivity index (χ2v) is 5.88. The fourth-order valence-electron chi connectivity index (χ4n) is 2.56. The zero-order valence-electron chi connectivity index (χ0n) is 14.5. The molecule has 1 unspecified atom stereocenters. The monoisotopic (exact) mass is 342 g/mol. The minimum absolute atomic E-state index is 0.122. The maximum atomic E-state index is 13.0. The highest BCUT2D eigenvalue weighted by Gasteiger charge is 2.25. The van der Waals surface area contributed by atoms with E-state index in [1.54, 1.807) is 24.0 Å². The first-order valence-electron chi connectivity index (χ1n) is 8.36. The van der Waals surface area contributed by atoms with E-state index in [9.17, 15) is 14.0 Å². The summed E-state index contributed by atoms with van der Waals surface area (Å²) in [4.78, 5) is 26.6. The van der Waals surface area contributed by atoms with Crippen molar-refractivity contribution in [3.8, 4) is 0 Å². The number of benzene rings is 2. The van der Waals surface area contributed by atoms with Crippen molar-refractivity contribution < 1.29 is 14.0 Å². The van der Waals surface area contributed by atoms with E-state index in [2.05, 4.69) is 5.32 Å². The van der Waals surface area contributed by atoms with Crippen molar-refractivity contribution in [1.29, 1.82) is 0 Å². The number of amides is 2. The van der Waals surface area contributed by atoms with Gasteiger partial charge in [0.15, 0.2) is 0 Å². The van der Waals surface area contributed by atoms with E-state index in [1.807, 2.05) is 37.3 Å². The lowest BCUT2D eigenvalue weighted by molar-refractivity contribution is -0.140. The van der Waals surface area contributed by atoms with Gasteiger partial charge in [-0.2, -0.15) is 0 Å². The Balaban J connectivity index is 2.18. The molecule has 0 aromatic heterocycles. The van der Waals surface area contributed by atoms with Crippen LogP contribution in [0.2, 0.25) is 0 Å². The molecule has 0 saturated heterocycles. The van der Waals surface area contributed by atoms with Gasteiger partial charge in [-0.15, -0.1) is 0 Å². The van der Waals surface area contributed by atoms with Gasteiger partial charge in [0.25, 0.3) is 0 Å². The van der Waals surface area contributed by atoms with Gasteiger partial charge >= 0.3 is 0 Å². The van der Waals surface area contributed by atoms with Gasteiger partial charge < -0.3 is 10.2 Å². The molecule has 1 atom stereocenters. The number of hydrogen-bond acceptors (Lipinski definition) is 2. The summed E-state index contributed by atoms with van der Waals surface area (Å²) in [5.74, 6) is -0.701. The number of nitrogens with one attached hydrogen (secondary N) is 1. The molecule has 0 fully saturated rings. The van der Waals surface area contributed by atoms with E-state index in [0.717, 1.165) is 5.56 Å². The Morgan fingerprint density at radius 1 is 1.04 bits per heavy atom. The average molecular weight is 342 g/mol. The molecule has 0 heterocycles. The summed E-state index contributed by atoms with van der Waals surface area (Å²) >= 11 is 0. The maximum Gasteiger partial charge on any atom is 0.242 e. The Bertz CT molecular complexity index is 701. The number of rotatable bonds is 7. The Morgan fingerprint density at radius 2 is 1.68 bits per heavy atom. The van der Waals surface area contributed by atoms with Crippen LogP contribution in [0.1, 0.15) is 25.0 Å². The van der Waals surface area contributed by atoms with Crippen LogP contribution in [0.3, 0.4) is 0 Å². The van der Waals surface area contributed by atoms with Crippen LogP contribution in [0.15, 0.2) is 54.6 Å². The first kappa shape index (κ1) is 18.6. The third-order valence-corrected chi connectivity index (χ3v) is 3.98. The lowest BCUT2D eigenvalue weighted by atomic mass is 10.1. The molecule has 0 spiro atoms. The van der Waals surface area contributed by atoms with Crippen LogP contribution in [0.5, 0.6) is 0 Å². The van der Waals surface area contributed by atoms with Crippen LogP contribution in [0, 0.1) is 5.82 Å². The molecule has 0 aliphatic carbocycles. The van der Waals surface area contributed by atoms with E-state index in [4.69, 9.17) is 0 Å². The fourth-order valence-corrected chi connectivity index (χ4v) is 2.56. The molecule has 2 aromatic rings. The highest BCUT2D eigenvalue weighted by molar-refractivity contribution is 5.88. The van der Waals surface area contributed by atoms with Crippen molar-refractivity contribution in [1.82, 2.24) is 10.2 Å². The first-order chi connectivity index (χ1) is 12.0. The van der Waals surface area contributed by atoms with Crippen LogP contribution in [-0.2, 0) is 22.6 Å². The molecule has 2 aromatic carbocycles. The molecule has 1 N–H and O–H groups in total. The number of likely N-dealkylation sites (N-methyl/N-ethyl adjacent to an activating group) is 1. The Labute approximate surface area is 147 Å². The summed E-state index contributed by atoms with van der Waals surface area (Å²) < 4.78 is 13.0. The predicted molar refractivity (Wildman–Crippen MR) is 95.2 cm³/mol. The van der Waals surface area contributed by atoms with Crippen LogP contribution in [0.25, 0.3) is 0 Å². The van der Waals surface area contributed by atoms with Gasteiger partial charge in [0, 0.05) is 13.1 Å². The minimum atomic E-state index is -0.590. The first-order valence-corrected chi connectivity index (χ1v) is 8.36. The van der Waals surface area contributed by atoms with Gasteiger partial charge in [-0.3, -0.25) is 9.59 Å². The van der Waals surface area contributed by atoms with E-state index in [1.165, 1.54) is 12.1 Å². The minimum Gasteiger partial charge on any atom is -0.355 e. The SMILES string of the molecule is CCNC(=O)C(C)N(Cc1ccccc1)C(=O)Cc1ccc(F)cc1. The standard InChI is InChI=1S/C20H23FN2O2/c1-3-22-20(25)15(2)23(14-17-7-5-4-6-8-17)19(24)13-16-9-11-18(21)12-10-16/h4-12,15H,3,13-14H2,1-2H3,(H,22,25). The predicted octanol–water partition coefficient (Wildman–Crippen LogP) is 2.92. The Hall–Kier alpha value is -2.69. The highest BCUT2D eigenvalue weighted by Crippen LogP contribution is 2.13. The molecule has 0 saturated carbocycles. The second-order valence-electron chi connectivity index (χ2n) is 5.88. The van der Waals surface area contributed by atoms with Gasteiger partial charge in [-0.1, -0.05) is 42.5 Å². The highest BCUT2D eigenvalue weighted by atomic mass is 19.1. The lowest BCUT2D eigenvalue weighted by Gasteiger charge is -2.28. The van der Waals surface area contributed by atoms with Crippen LogP contribution in [0.4, 0.5) is 4.39 Å². The summed E-state index contributed by atoms with van der Waals surface area (Å²) in [6, 6.07) is 14.8. The molecule has 0 aliphatic rings. The largest absolute Gasteiger partial charge is 0.355 e. The van der Waals surface area contributed by atoms with Crippen molar-refractivity contribution >= 4 is 11.8 Å². The van der Waals surface area contributed by atoms with E-state index in [-0.39, 0.29) is 24.1 Å². The van der Waals surface area contributed by atoms with Crippen molar-refractivity contribution in [3.05, 3.63) is 71.5 Å². The van der Waals surface area contributed by atoms with Gasteiger partial charge in [0.05, 0.1) is 6.42 Å². The fraction of sp³-hybridized carbons (Fsp3) is 0.300. The van der Waals surface area contributed by atoms with Crippen molar-refractivity contribution in [2.75, 3.05) is 6.54 Å². The average Bonchev–Trinajstić information content (AvgIpc) is 2.62. The molecular formula is C20H23FN2O2. The molecule has 5 heteroatoms.